The van der Waals surface area contributed by atoms with Gasteiger partial charge in [0.1, 0.15) is 5.82 Å². The maximum Gasteiger partial charge on any atom is 0.127 e. The van der Waals surface area contributed by atoms with Crippen molar-refractivity contribution in [3.8, 4) is 0 Å². The van der Waals surface area contributed by atoms with Crippen LogP contribution < -0.4 is 4.90 Å². The van der Waals surface area contributed by atoms with Crippen LogP contribution in [0.3, 0.4) is 0 Å². The molecule has 2 bridgehead atoms. The molecule has 1 aromatic heterocycles. The molecule has 104 valence electrons. The quantitative estimate of drug-likeness (QED) is 0.816. The standard InChI is InChI=1S/C15H24N4/c1-4-18-10-13-7-14(11-18)19(13)9-12-5-6-15(16-8-12)17(2)3/h5-6,8,13-14H,4,7,9-11H2,1-3H3. The molecule has 3 aliphatic rings. The fourth-order valence-corrected chi connectivity index (χ4v) is 3.28. The molecule has 0 amide bonds. The Hall–Kier alpha value is -1.13. The monoisotopic (exact) mass is 260 g/mol. The molecule has 3 fully saturated rings. The number of anilines is 1. The smallest absolute Gasteiger partial charge is 0.127 e. The fourth-order valence-electron chi connectivity index (χ4n) is 3.28. The lowest BCUT2D eigenvalue weighted by molar-refractivity contribution is -0.0732. The third-order valence-electron chi connectivity index (χ3n) is 4.50. The second-order valence-electron chi connectivity index (χ2n) is 5.99. The molecule has 0 aromatic carbocycles. The molecule has 0 aliphatic carbocycles. The summed E-state index contributed by atoms with van der Waals surface area (Å²) in [6.07, 6.45) is 3.42. The molecule has 0 spiro atoms. The molecular formula is C15H24N4. The number of nitrogens with zero attached hydrogens (tertiary/aromatic N) is 4. The molecule has 4 heterocycles. The zero-order valence-corrected chi connectivity index (χ0v) is 12.2. The SMILES string of the molecule is CCN1CC2CC(C1)N2Cc1ccc(N(C)C)nc1. The normalized spacial score (nSPS) is 27.1. The Balaban J connectivity index is 1.61. The Bertz CT molecular complexity index is 416. The topological polar surface area (TPSA) is 22.6 Å². The highest BCUT2D eigenvalue weighted by Crippen LogP contribution is 2.33. The average Bonchev–Trinajstić information content (AvgIpc) is 2.45. The summed E-state index contributed by atoms with van der Waals surface area (Å²) in [5, 5.41) is 0. The van der Waals surface area contributed by atoms with Gasteiger partial charge in [-0.25, -0.2) is 4.98 Å². The highest BCUT2D eigenvalue weighted by Gasteiger charge is 2.43. The van der Waals surface area contributed by atoms with E-state index in [0.29, 0.717) is 0 Å². The third-order valence-corrected chi connectivity index (χ3v) is 4.50. The maximum absolute atomic E-state index is 4.50. The van der Waals surface area contributed by atoms with E-state index in [1.165, 1.54) is 31.6 Å². The summed E-state index contributed by atoms with van der Waals surface area (Å²) in [4.78, 5) is 11.8. The van der Waals surface area contributed by atoms with Gasteiger partial charge in [-0.05, 0) is 24.6 Å². The molecule has 4 nitrogen and oxygen atoms in total. The van der Waals surface area contributed by atoms with Crippen molar-refractivity contribution in [2.45, 2.75) is 32.0 Å². The molecule has 4 heteroatoms. The van der Waals surface area contributed by atoms with Crippen molar-refractivity contribution in [1.82, 2.24) is 14.8 Å². The zero-order valence-electron chi connectivity index (χ0n) is 12.2. The van der Waals surface area contributed by atoms with E-state index in [4.69, 9.17) is 0 Å². The van der Waals surface area contributed by atoms with E-state index in [2.05, 4.69) is 33.8 Å². The molecule has 2 unspecified atom stereocenters. The van der Waals surface area contributed by atoms with Crippen LogP contribution in [0.1, 0.15) is 18.9 Å². The summed E-state index contributed by atoms with van der Waals surface area (Å²) in [5.74, 6) is 1.03. The van der Waals surface area contributed by atoms with Crippen LogP contribution >= 0.6 is 0 Å². The Morgan fingerprint density at radius 3 is 2.53 bits per heavy atom. The van der Waals surface area contributed by atoms with Crippen molar-refractivity contribution in [3.63, 3.8) is 0 Å². The Morgan fingerprint density at radius 2 is 2.00 bits per heavy atom. The number of piperidine rings is 1. The molecule has 3 saturated heterocycles. The maximum atomic E-state index is 4.50. The van der Waals surface area contributed by atoms with Gasteiger partial charge < -0.3 is 9.80 Å². The van der Waals surface area contributed by atoms with Crippen LogP contribution in [-0.4, -0.2) is 60.6 Å². The molecule has 0 saturated carbocycles. The summed E-state index contributed by atoms with van der Waals surface area (Å²) in [6.45, 7) is 7.01. The first-order valence-electron chi connectivity index (χ1n) is 7.27. The van der Waals surface area contributed by atoms with Crippen molar-refractivity contribution in [3.05, 3.63) is 23.9 Å². The van der Waals surface area contributed by atoms with Gasteiger partial charge in [-0.15, -0.1) is 0 Å². The highest BCUT2D eigenvalue weighted by atomic mass is 15.4. The largest absolute Gasteiger partial charge is 0.363 e. The molecule has 2 atom stereocenters. The fraction of sp³-hybridized carbons (Fsp3) is 0.667. The van der Waals surface area contributed by atoms with E-state index in [9.17, 15) is 0 Å². The van der Waals surface area contributed by atoms with Crippen LogP contribution in [-0.2, 0) is 6.54 Å². The van der Waals surface area contributed by atoms with E-state index in [1.807, 2.05) is 25.2 Å². The number of piperazine rings is 1. The van der Waals surface area contributed by atoms with E-state index >= 15 is 0 Å². The second kappa shape index (κ2) is 5.10. The van der Waals surface area contributed by atoms with E-state index in [0.717, 1.165) is 24.4 Å². The van der Waals surface area contributed by atoms with E-state index in [1.54, 1.807) is 0 Å². The highest BCUT2D eigenvalue weighted by molar-refractivity contribution is 5.37. The minimum Gasteiger partial charge on any atom is -0.363 e. The second-order valence-corrected chi connectivity index (χ2v) is 5.99. The van der Waals surface area contributed by atoms with Crippen LogP contribution in [0.15, 0.2) is 18.3 Å². The van der Waals surface area contributed by atoms with Gasteiger partial charge in [-0.2, -0.15) is 0 Å². The molecule has 3 aliphatic heterocycles. The van der Waals surface area contributed by atoms with Gasteiger partial charge in [-0.1, -0.05) is 13.0 Å². The van der Waals surface area contributed by atoms with Crippen molar-refractivity contribution < 1.29 is 0 Å². The Labute approximate surface area is 116 Å². The first-order chi connectivity index (χ1) is 9.17. The number of likely N-dealkylation sites (N-methyl/N-ethyl adjacent to an activating group) is 1. The first-order valence-corrected chi connectivity index (χ1v) is 7.27. The molecule has 0 N–H and O–H groups in total. The Kier molecular flexibility index (Phi) is 3.46. The lowest BCUT2D eigenvalue weighted by Crippen LogP contribution is -2.67. The summed E-state index contributed by atoms with van der Waals surface area (Å²) in [7, 11) is 4.06. The van der Waals surface area contributed by atoms with Crippen LogP contribution in [0.5, 0.6) is 0 Å². The molecule has 19 heavy (non-hydrogen) atoms. The zero-order chi connectivity index (χ0) is 13.4. The van der Waals surface area contributed by atoms with Crippen molar-refractivity contribution in [2.24, 2.45) is 0 Å². The predicted octanol–water partition coefficient (Wildman–Crippen LogP) is 1.43. The lowest BCUT2D eigenvalue weighted by atomic mass is 9.87. The number of rotatable bonds is 4. The number of aromatic nitrogens is 1. The lowest BCUT2D eigenvalue weighted by Gasteiger charge is -2.56. The summed E-state index contributed by atoms with van der Waals surface area (Å²) >= 11 is 0. The van der Waals surface area contributed by atoms with Gasteiger partial charge in [0.25, 0.3) is 0 Å². The number of hydrogen-bond donors (Lipinski definition) is 0. The van der Waals surface area contributed by atoms with E-state index < -0.39 is 0 Å². The van der Waals surface area contributed by atoms with Crippen LogP contribution in [0, 0.1) is 0 Å². The summed E-state index contributed by atoms with van der Waals surface area (Å²) in [6, 6.07) is 5.87. The molecule has 4 rings (SSSR count). The van der Waals surface area contributed by atoms with Gasteiger partial charge in [-0.3, -0.25) is 4.90 Å². The summed E-state index contributed by atoms with van der Waals surface area (Å²) in [5.41, 5.74) is 1.34. The van der Waals surface area contributed by atoms with Crippen molar-refractivity contribution in [2.75, 3.05) is 38.6 Å². The van der Waals surface area contributed by atoms with Crippen LogP contribution in [0.25, 0.3) is 0 Å². The van der Waals surface area contributed by atoms with Gasteiger partial charge >= 0.3 is 0 Å². The van der Waals surface area contributed by atoms with E-state index in [-0.39, 0.29) is 0 Å². The van der Waals surface area contributed by atoms with Crippen LogP contribution in [0.4, 0.5) is 5.82 Å². The van der Waals surface area contributed by atoms with Gasteiger partial charge in [0.15, 0.2) is 0 Å². The van der Waals surface area contributed by atoms with Gasteiger partial charge in [0.05, 0.1) is 0 Å². The average molecular weight is 260 g/mol. The number of fused-ring (bicyclic) bond motifs is 2. The molecule has 1 aromatic rings. The molecule has 0 radical (unpaired) electrons. The first kappa shape index (κ1) is 12.9. The molecular weight excluding hydrogens is 236 g/mol. The number of hydrogen-bond acceptors (Lipinski definition) is 4. The third kappa shape index (κ3) is 2.47. The minimum absolute atomic E-state index is 0.771. The predicted molar refractivity (Wildman–Crippen MR) is 78.4 cm³/mol. The number of pyridine rings is 1. The van der Waals surface area contributed by atoms with Gasteiger partial charge in [0.2, 0.25) is 0 Å². The van der Waals surface area contributed by atoms with Crippen molar-refractivity contribution in [1.29, 1.82) is 0 Å². The Morgan fingerprint density at radius 1 is 1.26 bits per heavy atom. The van der Waals surface area contributed by atoms with Gasteiger partial charge in [0, 0.05) is 52.0 Å². The van der Waals surface area contributed by atoms with Crippen LogP contribution in [0.2, 0.25) is 0 Å². The van der Waals surface area contributed by atoms with Crippen molar-refractivity contribution >= 4 is 5.82 Å². The summed E-state index contributed by atoms with van der Waals surface area (Å²) < 4.78 is 0. The minimum atomic E-state index is 0.771.